The largest absolute Gasteiger partial charge is 0.376 e. The molecule has 1 saturated carbocycles. The van der Waals surface area contributed by atoms with E-state index in [-0.39, 0.29) is 11.7 Å². The fourth-order valence-electron chi connectivity index (χ4n) is 3.40. The number of ether oxygens (including phenoxy) is 1. The number of fused-ring (bicyclic) bond motifs is 1. The van der Waals surface area contributed by atoms with Crippen LogP contribution in [0.15, 0.2) is 18.2 Å². The first-order valence-corrected chi connectivity index (χ1v) is 9.31. The van der Waals surface area contributed by atoms with Gasteiger partial charge in [0.15, 0.2) is 0 Å². The Balaban J connectivity index is 1.41. The number of carbonyl (C=O) groups is 1. The number of halogens is 1. The molecule has 1 N–H and O–H groups in total. The number of nitrogens with one attached hydrogen (secondary N) is 1. The zero-order valence-corrected chi connectivity index (χ0v) is 15.1. The normalized spacial score (nSPS) is 16.4. The van der Waals surface area contributed by atoms with Gasteiger partial charge in [0.2, 0.25) is 5.91 Å². The van der Waals surface area contributed by atoms with Crippen molar-refractivity contribution in [3.63, 3.8) is 0 Å². The van der Waals surface area contributed by atoms with Crippen molar-refractivity contribution < 1.29 is 13.9 Å². The van der Waals surface area contributed by atoms with Crippen molar-refractivity contribution in [2.45, 2.75) is 52.2 Å². The summed E-state index contributed by atoms with van der Waals surface area (Å²) >= 11 is 0. The number of rotatable bonds is 6. The Morgan fingerprint density at radius 1 is 1.42 bits per heavy atom. The summed E-state index contributed by atoms with van der Waals surface area (Å²) in [5.41, 5.74) is 4.45. The molecule has 1 aromatic carbocycles. The highest BCUT2D eigenvalue weighted by Gasteiger charge is 2.27. The van der Waals surface area contributed by atoms with Crippen molar-refractivity contribution in [1.29, 1.82) is 0 Å². The van der Waals surface area contributed by atoms with Gasteiger partial charge in [-0.15, -0.1) is 0 Å². The van der Waals surface area contributed by atoms with Gasteiger partial charge >= 0.3 is 0 Å². The van der Waals surface area contributed by atoms with Crippen LogP contribution in [0.4, 0.5) is 10.1 Å². The van der Waals surface area contributed by atoms with Crippen molar-refractivity contribution in [3.8, 4) is 0 Å². The average Bonchev–Trinajstić information content (AvgIpc) is 3.38. The van der Waals surface area contributed by atoms with E-state index in [1.807, 2.05) is 0 Å². The number of hydrogen-bond donors (Lipinski definition) is 1. The molecule has 1 aliphatic heterocycles. The van der Waals surface area contributed by atoms with E-state index in [2.05, 4.69) is 10.00 Å². The Kier molecular flexibility index (Phi) is 4.76. The number of carbonyl (C=O) groups excluding carboxylic acids is 1. The highest BCUT2D eigenvalue weighted by molar-refractivity contribution is 5.90. The van der Waals surface area contributed by atoms with Crippen LogP contribution in [0.2, 0.25) is 0 Å². The second kappa shape index (κ2) is 7.19. The molecule has 6 heteroatoms. The van der Waals surface area contributed by atoms with Crippen molar-refractivity contribution in [1.82, 2.24) is 9.78 Å². The van der Waals surface area contributed by atoms with Gasteiger partial charge in [-0.1, -0.05) is 6.07 Å². The predicted molar refractivity (Wildman–Crippen MR) is 96.4 cm³/mol. The lowest BCUT2D eigenvalue weighted by atomic mass is 10.1. The van der Waals surface area contributed by atoms with Crippen LogP contribution < -0.4 is 5.32 Å². The van der Waals surface area contributed by atoms with Crippen molar-refractivity contribution in [2.75, 3.05) is 11.9 Å². The third-order valence-electron chi connectivity index (χ3n) is 5.15. The van der Waals surface area contributed by atoms with Crippen LogP contribution in [0.5, 0.6) is 0 Å². The molecule has 5 nitrogen and oxygen atoms in total. The number of aryl methyl sites for hydroxylation is 2. The van der Waals surface area contributed by atoms with Crippen LogP contribution in [0, 0.1) is 18.7 Å². The first-order chi connectivity index (χ1) is 12.6. The van der Waals surface area contributed by atoms with Crippen LogP contribution in [0.1, 0.15) is 41.8 Å². The van der Waals surface area contributed by atoms with E-state index in [9.17, 15) is 9.18 Å². The average molecular weight is 357 g/mol. The topological polar surface area (TPSA) is 56.2 Å². The summed E-state index contributed by atoms with van der Waals surface area (Å²) in [5, 5.41) is 7.54. The maximum Gasteiger partial charge on any atom is 0.224 e. The van der Waals surface area contributed by atoms with Crippen molar-refractivity contribution >= 4 is 11.6 Å². The van der Waals surface area contributed by atoms with Crippen LogP contribution >= 0.6 is 0 Å². The van der Waals surface area contributed by atoms with Gasteiger partial charge in [-0.3, -0.25) is 9.48 Å². The molecule has 4 rings (SSSR count). The van der Waals surface area contributed by atoms with Crippen LogP contribution in [-0.4, -0.2) is 22.3 Å². The number of benzene rings is 1. The standard InChI is InChI=1S/C20H24FN3O2/c1-13-2-5-15(10-17(13)21)22-20(25)7-6-18-16-12-26-9-8-19(16)24(23-18)11-14-3-4-14/h2,5,10,14H,3-4,6-9,11-12H2,1H3,(H,22,25). The predicted octanol–water partition coefficient (Wildman–Crippen LogP) is 3.38. The van der Waals surface area contributed by atoms with E-state index < -0.39 is 0 Å². The molecule has 0 bridgehead atoms. The number of anilines is 1. The van der Waals surface area contributed by atoms with E-state index in [0.29, 0.717) is 30.7 Å². The van der Waals surface area contributed by atoms with Crippen LogP contribution in [0.3, 0.4) is 0 Å². The minimum Gasteiger partial charge on any atom is -0.376 e. The second-order valence-corrected chi connectivity index (χ2v) is 7.31. The lowest BCUT2D eigenvalue weighted by Gasteiger charge is -2.15. The number of nitrogens with zero attached hydrogens (tertiary/aromatic N) is 2. The molecule has 0 saturated heterocycles. The second-order valence-electron chi connectivity index (χ2n) is 7.31. The lowest BCUT2D eigenvalue weighted by Crippen LogP contribution is -2.15. The first kappa shape index (κ1) is 17.2. The summed E-state index contributed by atoms with van der Waals surface area (Å²) < 4.78 is 21.3. The summed E-state index contributed by atoms with van der Waals surface area (Å²) in [7, 11) is 0. The minimum absolute atomic E-state index is 0.129. The molecular weight excluding hydrogens is 333 g/mol. The number of aromatic nitrogens is 2. The Morgan fingerprint density at radius 2 is 2.27 bits per heavy atom. The summed E-state index contributed by atoms with van der Waals surface area (Å²) in [6.45, 7) is 4.00. The van der Waals surface area contributed by atoms with E-state index in [4.69, 9.17) is 9.84 Å². The van der Waals surface area contributed by atoms with Crippen LogP contribution in [-0.2, 0) is 35.5 Å². The molecule has 0 spiro atoms. The summed E-state index contributed by atoms with van der Waals surface area (Å²) in [4.78, 5) is 12.2. The molecule has 2 heterocycles. The molecule has 1 amide bonds. The summed E-state index contributed by atoms with van der Waals surface area (Å²) in [6.07, 6.45) is 4.36. The molecule has 2 aromatic rings. The maximum atomic E-state index is 13.6. The van der Waals surface area contributed by atoms with E-state index in [1.54, 1.807) is 19.1 Å². The number of hydrogen-bond acceptors (Lipinski definition) is 3. The zero-order chi connectivity index (χ0) is 18.1. The van der Waals surface area contributed by atoms with Gasteiger partial charge in [-0.05, 0) is 43.4 Å². The molecule has 1 aromatic heterocycles. The van der Waals surface area contributed by atoms with Gasteiger partial charge in [0, 0.05) is 42.8 Å². The Labute approximate surface area is 152 Å². The maximum absolute atomic E-state index is 13.6. The molecule has 26 heavy (non-hydrogen) atoms. The van der Waals surface area contributed by atoms with Gasteiger partial charge in [0.25, 0.3) is 0 Å². The molecular formula is C20H24FN3O2. The fourth-order valence-corrected chi connectivity index (χ4v) is 3.40. The Morgan fingerprint density at radius 3 is 3.04 bits per heavy atom. The Bertz CT molecular complexity index is 827. The van der Waals surface area contributed by atoms with Crippen molar-refractivity contribution in [3.05, 3.63) is 46.5 Å². The Hall–Kier alpha value is -2.21. The van der Waals surface area contributed by atoms with Gasteiger partial charge in [-0.2, -0.15) is 5.10 Å². The minimum atomic E-state index is -0.312. The number of amides is 1. The lowest BCUT2D eigenvalue weighted by molar-refractivity contribution is -0.116. The van der Waals surface area contributed by atoms with Gasteiger partial charge in [0.1, 0.15) is 5.82 Å². The molecule has 138 valence electrons. The highest BCUT2D eigenvalue weighted by Crippen LogP contribution is 2.32. The molecule has 2 aliphatic rings. The monoisotopic (exact) mass is 357 g/mol. The summed E-state index contributed by atoms with van der Waals surface area (Å²) in [6, 6.07) is 4.74. The smallest absolute Gasteiger partial charge is 0.224 e. The summed E-state index contributed by atoms with van der Waals surface area (Å²) in [5.74, 6) is 0.317. The highest BCUT2D eigenvalue weighted by atomic mass is 19.1. The zero-order valence-electron chi connectivity index (χ0n) is 15.1. The molecule has 0 unspecified atom stereocenters. The molecule has 0 radical (unpaired) electrons. The molecule has 1 fully saturated rings. The molecule has 1 aliphatic carbocycles. The van der Waals surface area contributed by atoms with E-state index in [1.165, 1.54) is 24.6 Å². The van der Waals surface area contributed by atoms with Crippen LogP contribution in [0.25, 0.3) is 0 Å². The third kappa shape index (κ3) is 3.80. The van der Waals surface area contributed by atoms with Crippen molar-refractivity contribution in [2.24, 2.45) is 5.92 Å². The van der Waals surface area contributed by atoms with Gasteiger partial charge in [-0.25, -0.2) is 4.39 Å². The quantitative estimate of drug-likeness (QED) is 0.862. The molecule has 0 atom stereocenters. The fraction of sp³-hybridized carbons (Fsp3) is 0.500. The van der Waals surface area contributed by atoms with E-state index in [0.717, 1.165) is 36.7 Å². The van der Waals surface area contributed by atoms with E-state index >= 15 is 0 Å². The first-order valence-electron chi connectivity index (χ1n) is 9.31. The van der Waals surface area contributed by atoms with Gasteiger partial charge < -0.3 is 10.1 Å². The third-order valence-corrected chi connectivity index (χ3v) is 5.15. The van der Waals surface area contributed by atoms with Gasteiger partial charge in [0.05, 0.1) is 18.9 Å². The SMILES string of the molecule is Cc1ccc(NC(=O)CCc2nn(CC3CC3)c3c2COCC3)cc1F.